The van der Waals surface area contributed by atoms with Crippen molar-refractivity contribution in [3.05, 3.63) is 41.4 Å². The molecule has 0 fully saturated rings. The van der Waals surface area contributed by atoms with Gasteiger partial charge >= 0.3 is 6.03 Å². The zero-order chi connectivity index (χ0) is 16.6. The van der Waals surface area contributed by atoms with Crippen LogP contribution in [0.2, 0.25) is 0 Å². The largest absolute Gasteiger partial charge is 0.345 e. The number of amides is 2. The topological polar surface area (TPSA) is 80.2 Å². The first-order chi connectivity index (χ1) is 10.9. The van der Waals surface area contributed by atoms with E-state index >= 15 is 0 Å². The number of rotatable bonds is 3. The summed E-state index contributed by atoms with van der Waals surface area (Å²) in [5, 5.41) is 7.58. The fraction of sp³-hybridized carbons (Fsp3) is 0.312. The zero-order valence-corrected chi connectivity index (χ0v) is 13.9. The zero-order valence-electron chi connectivity index (χ0n) is 13.0. The Bertz CT molecular complexity index is 897. The van der Waals surface area contributed by atoms with Gasteiger partial charge in [-0.1, -0.05) is 0 Å². The van der Waals surface area contributed by atoms with Crippen LogP contribution in [0.1, 0.15) is 12.6 Å². The number of aryl methyl sites for hydroxylation is 2. The van der Waals surface area contributed by atoms with E-state index in [1.165, 1.54) is 11.8 Å². The summed E-state index contributed by atoms with van der Waals surface area (Å²) in [4.78, 5) is 12.0. The van der Waals surface area contributed by atoms with Crippen LogP contribution in [0.15, 0.2) is 35.7 Å². The molecule has 0 spiro atoms. The van der Waals surface area contributed by atoms with Crippen molar-refractivity contribution in [3.8, 4) is 0 Å². The van der Waals surface area contributed by atoms with Crippen molar-refractivity contribution in [1.82, 2.24) is 9.88 Å². The van der Waals surface area contributed by atoms with E-state index in [4.69, 9.17) is 0 Å². The number of fused-ring (bicyclic) bond motifs is 1. The van der Waals surface area contributed by atoms with Crippen LogP contribution >= 0.6 is 0 Å². The van der Waals surface area contributed by atoms with Crippen LogP contribution in [-0.2, 0) is 16.4 Å². The average Bonchev–Trinajstić information content (AvgIpc) is 2.96. The fourth-order valence-electron chi connectivity index (χ4n) is 2.91. The summed E-state index contributed by atoms with van der Waals surface area (Å²) in [5.74, 6) is -0.0853. The highest BCUT2D eigenvalue weighted by atomic mass is 32.2. The standard InChI is InChI=1S/C16H19N3O3S/c1-3-19-11(2)8-12-9-13(4-5-15(12)19)17-16(20)18-14-6-7-23(21,22)10-14/h4-9,14H,3,10H2,1-2H3,(H2,17,18,20)/t14-/m0/s1. The summed E-state index contributed by atoms with van der Waals surface area (Å²) < 4.78 is 24.9. The molecule has 1 aliphatic rings. The van der Waals surface area contributed by atoms with Crippen LogP contribution in [0.4, 0.5) is 10.5 Å². The van der Waals surface area contributed by atoms with Gasteiger partial charge in [-0.2, -0.15) is 0 Å². The lowest BCUT2D eigenvalue weighted by molar-refractivity contribution is 0.251. The maximum absolute atomic E-state index is 12.0. The van der Waals surface area contributed by atoms with E-state index in [-0.39, 0.29) is 5.75 Å². The molecule has 0 unspecified atom stereocenters. The number of urea groups is 1. The van der Waals surface area contributed by atoms with Crippen molar-refractivity contribution in [2.24, 2.45) is 0 Å². The quantitative estimate of drug-likeness (QED) is 0.905. The second-order valence-corrected chi connectivity index (χ2v) is 7.60. The molecule has 2 N–H and O–H groups in total. The van der Waals surface area contributed by atoms with E-state index in [9.17, 15) is 13.2 Å². The highest BCUT2D eigenvalue weighted by Crippen LogP contribution is 2.23. The number of anilines is 1. The number of carbonyl (C=O) groups excluding carboxylic acids is 1. The maximum Gasteiger partial charge on any atom is 0.319 e. The van der Waals surface area contributed by atoms with E-state index in [2.05, 4.69) is 35.1 Å². The summed E-state index contributed by atoms with van der Waals surface area (Å²) >= 11 is 0. The molecule has 2 aromatic rings. The molecular weight excluding hydrogens is 314 g/mol. The number of carbonyl (C=O) groups is 1. The number of hydrogen-bond donors (Lipinski definition) is 2. The van der Waals surface area contributed by atoms with Gasteiger partial charge in [0.15, 0.2) is 9.84 Å². The number of nitrogens with one attached hydrogen (secondary N) is 2. The molecule has 2 heterocycles. The van der Waals surface area contributed by atoms with Crippen molar-refractivity contribution in [2.75, 3.05) is 11.1 Å². The summed E-state index contributed by atoms with van der Waals surface area (Å²) in [6.07, 6.45) is 1.49. The molecule has 7 heteroatoms. The molecule has 6 nitrogen and oxygen atoms in total. The molecule has 0 aliphatic carbocycles. The molecule has 0 saturated heterocycles. The Labute approximate surface area is 135 Å². The lowest BCUT2D eigenvalue weighted by atomic mass is 10.2. The molecular formula is C16H19N3O3S. The molecule has 1 aromatic heterocycles. The Morgan fingerprint density at radius 1 is 1.35 bits per heavy atom. The summed E-state index contributed by atoms with van der Waals surface area (Å²) in [5.41, 5.74) is 2.97. The van der Waals surface area contributed by atoms with E-state index in [0.29, 0.717) is 5.69 Å². The first kappa shape index (κ1) is 15.6. The van der Waals surface area contributed by atoms with Gasteiger partial charge in [-0.05, 0) is 44.2 Å². The van der Waals surface area contributed by atoms with Gasteiger partial charge in [0.05, 0.1) is 11.8 Å². The van der Waals surface area contributed by atoms with E-state index in [1.54, 1.807) is 0 Å². The molecule has 1 atom stereocenters. The molecule has 3 rings (SSSR count). The van der Waals surface area contributed by atoms with Crippen LogP contribution in [0.25, 0.3) is 10.9 Å². The van der Waals surface area contributed by atoms with Gasteiger partial charge in [0.25, 0.3) is 0 Å². The van der Waals surface area contributed by atoms with Crippen LogP contribution in [0, 0.1) is 6.92 Å². The van der Waals surface area contributed by atoms with Crippen molar-refractivity contribution in [1.29, 1.82) is 0 Å². The van der Waals surface area contributed by atoms with Gasteiger partial charge in [0.2, 0.25) is 0 Å². The van der Waals surface area contributed by atoms with Gasteiger partial charge in [0, 0.05) is 34.2 Å². The predicted octanol–water partition coefficient (Wildman–Crippen LogP) is 2.40. The third kappa shape index (κ3) is 3.24. The van der Waals surface area contributed by atoms with Crippen molar-refractivity contribution in [3.63, 3.8) is 0 Å². The van der Waals surface area contributed by atoms with Gasteiger partial charge in [-0.15, -0.1) is 0 Å². The minimum Gasteiger partial charge on any atom is -0.345 e. The monoisotopic (exact) mass is 333 g/mol. The molecule has 1 aromatic carbocycles. The molecule has 0 radical (unpaired) electrons. The third-order valence-corrected chi connectivity index (χ3v) is 5.32. The first-order valence-corrected chi connectivity index (χ1v) is 9.18. The highest BCUT2D eigenvalue weighted by Gasteiger charge is 2.23. The number of nitrogens with zero attached hydrogens (tertiary/aromatic N) is 1. The van der Waals surface area contributed by atoms with Crippen LogP contribution in [-0.4, -0.2) is 30.8 Å². The van der Waals surface area contributed by atoms with E-state index in [1.807, 2.05) is 18.2 Å². The van der Waals surface area contributed by atoms with E-state index in [0.717, 1.165) is 22.9 Å². The van der Waals surface area contributed by atoms with Gasteiger partial charge in [-0.3, -0.25) is 0 Å². The molecule has 23 heavy (non-hydrogen) atoms. The predicted molar refractivity (Wildman–Crippen MR) is 91.2 cm³/mol. The molecule has 0 bridgehead atoms. The Morgan fingerprint density at radius 3 is 2.78 bits per heavy atom. The molecule has 2 amide bonds. The Balaban J connectivity index is 1.72. The lowest BCUT2D eigenvalue weighted by Gasteiger charge is -2.11. The van der Waals surface area contributed by atoms with Crippen LogP contribution < -0.4 is 10.6 Å². The Kier molecular flexibility index (Phi) is 3.89. The summed E-state index contributed by atoms with van der Waals surface area (Å²) in [6, 6.07) is 6.91. The van der Waals surface area contributed by atoms with Gasteiger partial charge < -0.3 is 15.2 Å². The Hall–Kier alpha value is -2.28. The highest BCUT2D eigenvalue weighted by molar-refractivity contribution is 7.94. The second-order valence-electron chi connectivity index (χ2n) is 5.67. The third-order valence-electron chi connectivity index (χ3n) is 3.93. The number of sulfone groups is 1. The Morgan fingerprint density at radius 2 is 2.13 bits per heavy atom. The minimum atomic E-state index is -3.17. The summed E-state index contributed by atoms with van der Waals surface area (Å²) in [6.45, 7) is 5.04. The normalized spacial score (nSPS) is 19.1. The molecule has 122 valence electrons. The summed E-state index contributed by atoms with van der Waals surface area (Å²) in [7, 11) is -3.17. The number of aromatic nitrogens is 1. The molecule has 1 aliphatic heterocycles. The second kappa shape index (κ2) is 5.73. The number of hydrogen-bond acceptors (Lipinski definition) is 3. The smallest absolute Gasteiger partial charge is 0.319 e. The lowest BCUT2D eigenvalue weighted by Crippen LogP contribution is -2.38. The minimum absolute atomic E-state index is 0.0853. The van der Waals surface area contributed by atoms with Crippen LogP contribution in [0.5, 0.6) is 0 Å². The fourth-order valence-corrected chi connectivity index (χ4v) is 4.14. The van der Waals surface area contributed by atoms with Crippen molar-refractivity contribution >= 4 is 32.5 Å². The average molecular weight is 333 g/mol. The SMILES string of the molecule is CCn1c(C)cc2cc(NC(=O)N[C@H]3C=CS(=O)(=O)C3)ccc21. The van der Waals surface area contributed by atoms with Gasteiger partial charge in [0.1, 0.15) is 0 Å². The number of benzene rings is 1. The first-order valence-electron chi connectivity index (χ1n) is 7.46. The van der Waals surface area contributed by atoms with E-state index < -0.39 is 21.9 Å². The van der Waals surface area contributed by atoms with Crippen molar-refractivity contribution < 1.29 is 13.2 Å². The van der Waals surface area contributed by atoms with Crippen molar-refractivity contribution in [2.45, 2.75) is 26.4 Å². The van der Waals surface area contributed by atoms with Gasteiger partial charge in [-0.25, -0.2) is 13.2 Å². The molecule has 0 saturated carbocycles. The van der Waals surface area contributed by atoms with Crippen LogP contribution in [0.3, 0.4) is 0 Å². The maximum atomic E-state index is 12.0.